The van der Waals surface area contributed by atoms with Gasteiger partial charge in [0.1, 0.15) is 5.69 Å². The van der Waals surface area contributed by atoms with Crippen LogP contribution in [0.2, 0.25) is 0 Å². The van der Waals surface area contributed by atoms with Crippen LogP contribution in [0.4, 0.5) is 0 Å². The number of imidazole rings is 1. The zero-order chi connectivity index (χ0) is 15.9. The Kier molecular flexibility index (Phi) is 5.95. The summed E-state index contributed by atoms with van der Waals surface area (Å²) in [6, 6.07) is 9.83. The molecule has 0 fully saturated rings. The summed E-state index contributed by atoms with van der Waals surface area (Å²) in [6.07, 6.45) is 6.19. The van der Waals surface area contributed by atoms with E-state index in [9.17, 15) is 4.79 Å². The predicted octanol–water partition coefficient (Wildman–Crippen LogP) is 4.23. The minimum absolute atomic E-state index is 0.0970. The van der Waals surface area contributed by atoms with Crippen molar-refractivity contribution in [3.05, 3.63) is 47.0 Å². The summed E-state index contributed by atoms with van der Waals surface area (Å²) in [5.74, 6) is -0.0970. The lowest BCUT2D eigenvalue weighted by Gasteiger charge is -2.14. The van der Waals surface area contributed by atoms with Crippen molar-refractivity contribution in [3.63, 3.8) is 0 Å². The molecule has 2 aromatic rings. The number of hydrogen-bond acceptors (Lipinski definition) is 2. The quantitative estimate of drug-likeness (QED) is 0.593. The molecule has 4 nitrogen and oxygen atoms in total. The molecule has 1 heterocycles. The molecule has 0 bridgehead atoms. The van der Waals surface area contributed by atoms with Gasteiger partial charge in [-0.05, 0) is 37.7 Å². The van der Waals surface area contributed by atoms with Crippen molar-refractivity contribution in [2.24, 2.45) is 0 Å². The predicted molar refractivity (Wildman–Crippen MR) is 92.0 cm³/mol. The lowest BCUT2D eigenvalue weighted by molar-refractivity contribution is 0.0931. The number of para-hydroxylation sites is 1. The van der Waals surface area contributed by atoms with Crippen molar-refractivity contribution in [3.8, 4) is 5.69 Å². The Hall–Kier alpha value is -1.88. The van der Waals surface area contributed by atoms with E-state index in [4.69, 9.17) is 12.2 Å². The Morgan fingerprint density at radius 3 is 2.73 bits per heavy atom. The molecule has 2 N–H and O–H groups in total. The van der Waals surface area contributed by atoms with Crippen LogP contribution < -0.4 is 5.32 Å². The number of unbranched alkanes of at least 4 members (excludes halogenated alkanes) is 2. The molecule has 0 spiro atoms. The lowest BCUT2D eigenvalue weighted by Crippen LogP contribution is -2.33. The maximum absolute atomic E-state index is 12.5. The highest BCUT2D eigenvalue weighted by atomic mass is 32.1. The second-order valence-corrected chi connectivity index (χ2v) is 5.91. The van der Waals surface area contributed by atoms with Crippen LogP contribution in [-0.4, -0.2) is 21.5 Å². The van der Waals surface area contributed by atoms with Crippen LogP contribution in [0.5, 0.6) is 0 Å². The molecule has 1 atom stereocenters. The molecule has 1 amide bonds. The van der Waals surface area contributed by atoms with Crippen molar-refractivity contribution in [2.45, 2.75) is 45.6 Å². The minimum atomic E-state index is -0.0970. The number of hydrogen-bond donors (Lipinski definition) is 2. The summed E-state index contributed by atoms with van der Waals surface area (Å²) >= 11 is 5.30. The molecule has 1 aromatic heterocycles. The third kappa shape index (κ3) is 4.07. The van der Waals surface area contributed by atoms with Crippen LogP contribution in [-0.2, 0) is 0 Å². The van der Waals surface area contributed by atoms with E-state index >= 15 is 0 Å². The monoisotopic (exact) mass is 317 g/mol. The molecule has 5 heteroatoms. The Bertz CT molecular complexity index is 660. The number of nitrogens with zero attached hydrogens (tertiary/aromatic N) is 1. The van der Waals surface area contributed by atoms with Crippen LogP contribution in [0.15, 0.2) is 36.5 Å². The Labute approximate surface area is 136 Å². The molecule has 0 saturated carbocycles. The zero-order valence-corrected chi connectivity index (χ0v) is 14.0. The number of aromatic amines is 1. The molecule has 0 saturated heterocycles. The Balaban J connectivity index is 2.13. The smallest absolute Gasteiger partial charge is 0.270 e. The molecule has 2 rings (SSSR count). The molecule has 0 aliphatic heterocycles. The Morgan fingerprint density at radius 1 is 1.32 bits per heavy atom. The van der Waals surface area contributed by atoms with Gasteiger partial charge in [-0.1, -0.05) is 44.4 Å². The molecule has 22 heavy (non-hydrogen) atoms. The van der Waals surface area contributed by atoms with Gasteiger partial charge in [-0.2, -0.15) is 0 Å². The van der Waals surface area contributed by atoms with Gasteiger partial charge in [0, 0.05) is 17.9 Å². The molecule has 1 unspecified atom stereocenters. The first kappa shape index (κ1) is 16.5. The zero-order valence-electron chi connectivity index (χ0n) is 13.1. The molecular formula is C17H23N3OS. The number of benzene rings is 1. The fraction of sp³-hybridized carbons (Fsp3) is 0.412. The standard InChI is InChI=1S/C17H23N3OS/c1-3-4-6-9-13(2)19-16(21)15-12-18-17(22)20(15)14-10-7-5-8-11-14/h5,7-8,10-13H,3-4,6,9H2,1-2H3,(H,18,22)(H,19,21). The number of rotatable bonds is 7. The van der Waals surface area contributed by atoms with Gasteiger partial charge in [-0.25, -0.2) is 0 Å². The van der Waals surface area contributed by atoms with Gasteiger partial charge >= 0.3 is 0 Å². The van der Waals surface area contributed by atoms with Crippen LogP contribution in [0, 0.1) is 4.77 Å². The SMILES string of the molecule is CCCCCC(C)NC(=O)c1c[nH]c(=S)n1-c1ccccc1. The van der Waals surface area contributed by atoms with Crippen LogP contribution in [0.1, 0.15) is 50.0 Å². The number of aromatic nitrogens is 2. The number of H-pyrrole nitrogens is 1. The lowest BCUT2D eigenvalue weighted by atomic mass is 10.1. The van der Waals surface area contributed by atoms with Crippen LogP contribution in [0.3, 0.4) is 0 Å². The number of nitrogens with one attached hydrogen (secondary N) is 2. The van der Waals surface area contributed by atoms with Crippen LogP contribution >= 0.6 is 12.2 Å². The van der Waals surface area contributed by atoms with Gasteiger partial charge in [0.2, 0.25) is 0 Å². The van der Waals surface area contributed by atoms with Crippen molar-refractivity contribution >= 4 is 18.1 Å². The first-order valence-electron chi connectivity index (χ1n) is 7.80. The summed E-state index contributed by atoms with van der Waals surface area (Å²) < 4.78 is 2.29. The molecular weight excluding hydrogens is 294 g/mol. The largest absolute Gasteiger partial charge is 0.348 e. The van der Waals surface area contributed by atoms with Gasteiger partial charge in [-0.15, -0.1) is 0 Å². The third-order valence-corrected chi connectivity index (χ3v) is 3.94. The second kappa shape index (κ2) is 7.94. The topological polar surface area (TPSA) is 49.8 Å². The number of carbonyl (C=O) groups excluding carboxylic acids is 1. The number of amides is 1. The first-order valence-corrected chi connectivity index (χ1v) is 8.21. The van der Waals surface area contributed by atoms with Crippen molar-refractivity contribution in [2.75, 3.05) is 0 Å². The van der Waals surface area contributed by atoms with Gasteiger partial charge in [0.05, 0.1) is 0 Å². The second-order valence-electron chi connectivity index (χ2n) is 5.52. The minimum Gasteiger partial charge on any atom is -0.348 e. The highest BCUT2D eigenvalue weighted by molar-refractivity contribution is 7.71. The summed E-state index contributed by atoms with van der Waals surface area (Å²) in [7, 11) is 0. The van der Waals surface area contributed by atoms with E-state index in [0.29, 0.717) is 10.5 Å². The fourth-order valence-corrected chi connectivity index (χ4v) is 2.70. The molecule has 1 aromatic carbocycles. The highest BCUT2D eigenvalue weighted by Crippen LogP contribution is 2.13. The van der Waals surface area contributed by atoms with E-state index in [1.54, 1.807) is 10.8 Å². The molecule has 0 aliphatic carbocycles. The summed E-state index contributed by atoms with van der Waals surface area (Å²) in [4.78, 5) is 15.5. The normalized spacial score (nSPS) is 12.1. The van der Waals surface area contributed by atoms with Gasteiger partial charge in [0.25, 0.3) is 5.91 Å². The molecule has 118 valence electrons. The van der Waals surface area contributed by atoms with Crippen LogP contribution in [0.25, 0.3) is 5.69 Å². The number of carbonyl (C=O) groups is 1. The highest BCUT2D eigenvalue weighted by Gasteiger charge is 2.16. The summed E-state index contributed by atoms with van der Waals surface area (Å²) in [6.45, 7) is 4.22. The Morgan fingerprint density at radius 2 is 2.05 bits per heavy atom. The van der Waals surface area contributed by atoms with E-state index < -0.39 is 0 Å². The van der Waals surface area contributed by atoms with Crippen molar-refractivity contribution in [1.29, 1.82) is 0 Å². The van der Waals surface area contributed by atoms with Gasteiger partial charge < -0.3 is 10.3 Å². The maximum Gasteiger partial charge on any atom is 0.270 e. The van der Waals surface area contributed by atoms with Gasteiger partial charge in [0.15, 0.2) is 4.77 Å². The summed E-state index contributed by atoms with van der Waals surface area (Å²) in [5, 5.41) is 3.05. The van der Waals surface area contributed by atoms with E-state index in [1.807, 2.05) is 37.3 Å². The van der Waals surface area contributed by atoms with E-state index in [1.165, 1.54) is 12.8 Å². The third-order valence-electron chi connectivity index (χ3n) is 3.64. The van der Waals surface area contributed by atoms with E-state index in [-0.39, 0.29) is 11.9 Å². The van der Waals surface area contributed by atoms with Crippen molar-refractivity contribution < 1.29 is 4.79 Å². The summed E-state index contributed by atoms with van der Waals surface area (Å²) in [5.41, 5.74) is 1.43. The molecule has 0 radical (unpaired) electrons. The maximum atomic E-state index is 12.5. The first-order chi connectivity index (χ1) is 10.6. The average molecular weight is 317 g/mol. The average Bonchev–Trinajstić information content (AvgIpc) is 2.90. The van der Waals surface area contributed by atoms with Gasteiger partial charge in [-0.3, -0.25) is 9.36 Å². The fourth-order valence-electron chi connectivity index (χ4n) is 2.44. The van der Waals surface area contributed by atoms with E-state index in [2.05, 4.69) is 17.2 Å². The van der Waals surface area contributed by atoms with Crippen molar-refractivity contribution in [1.82, 2.24) is 14.9 Å². The molecule has 0 aliphatic rings. The van der Waals surface area contributed by atoms with E-state index in [0.717, 1.165) is 18.5 Å².